The van der Waals surface area contributed by atoms with Crippen LogP contribution >= 0.6 is 22.6 Å². The molecule has 0 bridgehead atoms. The zero-order chi connectivity index (χ0) is 18.2. The highest BCUT2D eigenvalue weighted by Gasteiger charge is 2.28. The van der Waals surface area contributed by atoms with Crippen molar-refractivity contribution < 1.29 is 14.2 Å². The van der Waals surface area contributed by atoms with Gasteiger partial charge in [-0.05, 0) is 59.9 Å². The summed E-state index contributed by atoms with van der Waals surface area (Å²) < 4.78 is 23.7. The van der Waals surface area contributed by atoms with Crippen molar-refractivity contribution in [3.8, 4) is 0 Å². The van der Waals surface area contributed by atoms with E-state index in [-0.39, 0.29) is 17.8 Å². The van der Waals surface area contributed by atoms with E-state index < -0.39 is 8.07 Å². The molecule has 0 aromatic carbocycles. The maximum Gasteiger partial charge on any atom is 0.145 e. The van der Waals surface area contributed by atoms with Crippen LogP contribution in [0.3, 0.4) is 0 Å². The standard InChI is InChI=1S/C18H26FIN2O2Si/c1-25(2,3)7-6-24-11-22-16(20)9-14-17(19)15(10-21-18(14)22)12-4-5-13(23)8-12/h9-10,12-13,23H,4-8,11H2,1-3H3. The summed E-state index contributed by atoms with van der Waals surface area (Å²) in [5, 5.41) is 10.3. The van der Waals surface area contributed by atoms with E-state index in [0.29, 0.717) is 29.7 Å². The first kappa shape index (κ1) is 19.3. The van der Waals surface area contributed by atoms with Gasteiger partial charge in [-0.25, -0.2) is 9.37 Å². The van der Waals surface area contributed by atoms with Gasteiger partial charge in [0.1, 0.15) is 18.2 Å². The molecule has 2 atom stereocenters. The smallest absolute Gasteiger partial charge is 0.145 e. The van der Waals surface area contributed by atoms with Crippen LogP contribution in [-0.4, -0.2) is 35.4 Å². The van der Waals surface area contributed by atoms with Crippen molar-refractivity contribution in [3.05, 3.63) is 27.3 Å². The lowest BCUT2D eigenvalue weighted by molar-refractivity contribution is 0.0883. The largest absolute Gasteiger partial charge is 0.393 e. The Labute approximate surface area is 162 Å². The molecule has 1 aliphatic rings. The molecule has 1 aliphatic carbocycles. The average Bonchev–Trinajstić information content (AvgIpc) is 3.08. The van der Waals surface area contributed by atoms with E-state index in [9.17, 15) is 5.11 Å². The molecule has 0 saturated heterocycles. The number of halogens is 2. The molecule has 138 valence electrons. The van der Waals surface area contributed by atoms with Crippen molar-refractivity contribution in [2.24, 2.45) is 0 Å². The van der Waals surface area contributed by atoms with Gasteiger partial charge in [-0.1, -0.05) is 19.6 Å². The third-order valence-electron chi connectivity index (χ3n) is 4.90. The van der Waals surface area contributed by atoms with Gasteiger partial charge in [0.2, 0.25) is 0 Å². The lowest BCUT2D eigenvalue weighted by Gasteiger charge is -2.16. The van der Waals surface area contributed by atoms with Gasteiger partial charge in [0.25, 0.3) is 0 Å². The second-order valence-electron chi connectivity index (χ2n) is 8.17. The quantitative estimate of drug-likeness (QED) is 0.373. The fraction of sp³-hybridized carbons (Fsp3) is 0.611. The zero-order valence-corrected chi connectivity index (χ0v) is 18.2. The lowest BCUT2D eigenvalue weighted by atomic mass is 9.98. The summed E-state index contributed by atoms with van der Waals surface area (Å²) in [6.07, 6.45) is 3.52. The number of hydrogen-bond acceptors (Lipinski definition) is 3. The van der Waals surface area contributed by atoms with Crippen LogP contribution in [0.25, 0.3) is 11.0 Å². The molecule has 1 saturated carbocycles. The molecule has 3 rings (SSSR count). The molecule has 25 heavy (non-hydrogen) atoms. The highest BCUT2D eigenvalue weighted by atomic mass is 127. The van der Waals surface area contributed by atoms with E-state index in [0.717, 1.165) is 29.2 Å². The fourth-order valence-electron chi connectivity index (χ4n) is 3.33. The third kappa shape index (κ3) is 4.43. The van der Waals surface area contributed by atoms with Crippen LogP contribution < -0.4 is 0 Å². The molecule has 0 spiro atoms. The Morgan fingerprint density at radius 3 is 2.80 bits per heavy atom. The summed E-state index contributed by atoms with van der Waals surface area (Å²) in [6.45, 7) is 8.10. The molecule has 2 heterocycles. The van der Waals surface area contributed by atoms with Gasteiger partial charge in [0.05, 0.1) is 15.2 Å². The average molecular weight is 476 g/mol. The van der Waals surface area contributed by atoms with Gasteiger partial charge in [0, 0.05) is 26.4 Å². The highest BCUT2D eigenvalue weighted by Crippen LogP contribution is 2.37. The Bertz CT molecular complexity index is 760. The normalized spacial score (nSPS) is 21.4. The number of rotatable bonds is 6. The van der Waals surface area contributed by atoms with Crippen molar-refractivity contribution >= 4 is 41.7 Å². The minimum Gasteiger partial charge on any atom is -0.393 e. The number of aromatic nitrogens is 2. The Balaban J connectivity index is 1.79. The van der Waals surface area contributed by atoms with Crippen LogP contribution in [-0.2, 0) is 11.5 Å². The van der Waals surface area contributed by atoms with Gasteiger partial charge in [-0.2, -0.15) is 0 Å². The molecule has 0 radical (unpaired) electrons. The Morgan fingerprint density at radius 1 is 1.40 bits per heavy atom. The van der Waals surface area contributed by atoms with Gasteiger partial charge in [-0.3, -0.25) is 4.57 Å². The maximum absolute atomic E-state index is 15.0. The van der Waals surface area contributed by atoms with Crippen LogP contribution in [0.5, 0.6) is 0 Å². The zero-order valence-electron chi connectivity index (χ0n) is 15.1. The number of nitrogens with zero attached hydrogens (tertiary/aromatic N) is 2. The van der Waals surface area contributed by atoms with E-state index in [1.54, 1.807) is 6.20 Å². The van der Waals surface area contributed by atoms with Crippen molar-refractivity contribution in [2.45, 2.75) is 63.7 Å². The maximum atomic E-state index is 15.0. The van der Waals surface area contributed by atoms with Crippen molar-refractivity contribution in [3.63, 3.8) is 0 Å². The third-order valence-corrected chi connectivity index (χ3v) is 7.49. The molecule has 2 aromatic heterocycles. The molecule has 1 N–H and O–H groups in total. The van der Waals surface area contributed by atoms with Gasteiger partial charge in [-0.15, -0.1) is 0 Å². The number of hydrogen-bond donors (Lipinski definition) is 1. The molecule has 4 nitrogen and oxygen atoms in total. The SMILES string of the molecule is C[Si](C)(C)CCOCn1c(I)cc2c(F)c(C3CCC(O)C3)cnc21. The molecular weight excluding hydrogens is 450 g/mol. The van der Waals surface area contributed by atoms with E-state index in [4.69, 9.17) is 4.74 Å². The predicted molar refractivity (Wildman–Crippen MR) is 109 cm³/mol. The predicted octanol–water partition coefficient (Wildman–Crippen LogP) is 4.72. The number of ether oxygens (including phenoxy) is 1. The monoisotopic (exact) mass is 476 g/mol. The summed E-state index contributed by atoms with van der Waals surface area (Å²) in [4.78, 5) is 4.53. The minimum absolute atomic E-state index is 0.0703. The van der Waals surface area contributed by atoms with Crippen molar-refractivity contribution in [1.82, 2.24) is 9.55 Å². The van der Waals surface area contributed by atoms with Crippen LogP contribution in [0.2, 0.25) is 25.7 Å². The van der Waals surface area contributed by atoms with Gasteiger partial charge in [0.15, 0.2) is 0 Å². The van der Waals surface area contributed by atoms with Crippen LogP contribution in [0.1, 0.15) is 30.7 Å². The molecule has 7 heteroatoms. The topological polar surface area (TPSA) is 47.3 Å². The highest BCUT2D eigenvalue weighted by molar-refractivity contribution is 14.1. The first-order valence-corrected chi connectivity index (χ1v) is 13.6. The Hall–Kier alpha value is -0.513. The molecule has 0 aliphatic heterocycles. The summed E-state index contributed by atoms with van der Waals surface area (Å²) >= 11 is 2.21. The Kier molecular flexibility index (Phi) is 5.87. The second kappa shape index (κ2) is 7.62. The Morgan fingerprint density at radius 2 is 2.16 bits per heavy atom. The molecule has 0 amide bonds. The summed E-state index contributed by atoms with van der Waals surface area (Å²) in [5.41, 5.74) is 1.27. The molecule has 2 aromatic rings. The fourth-order valence-corrected chi connectivity index (χ4v) is 4.77. The molecule has 1 fully saturated rings. The van der Waals surface area contributed by atoms with Crippen molar-refractivity contribution in [2.75, 3.05) is 6.61 Å². The van der Waals surface area contributed by atoms with E-state index in [2.05, 4.69) is 47.2 Å². The number of fused-ring (bicyclic) bond motifs is 1. The van der Waals surface area contributed by atoms with Gasteiger partial charge < -0.3 is 9.84 Å². The first-order valence-electron chi connectivity index (χ1n) is 8.85. The summed E-state index contributed by atoms with van der Waals surface area (Å²) in [7, 11) is -1.12. The van der Waals surface area contributed by atoms with E-state index >= 15 is 4.39 Å². The van der Waals surface area contributed by atoms with Crippen LogP contribution in [0.4, 0.5) is 4.39 Å². The molecule has 2 unspecified atom stereocenters. The number of aliphatic hydroxyl groups excluding tert-OH is 1. The summed E-state index contributed by atoms with van der Waals surface area (Å²) in [5.74, 6) is -0.122. The second-order valence-corrected chi connectivity index (χ2v) is 14.9. The number of pyridine rings is 1. The van der Waals surface area contributed by atoms with E-state index in [1.165, 1.54) is 0 Å². The van der Waals surface area contributed by atoms with Crippen LogP contribution in [0.15, 0.2) is 12.3 Å². The van der Waals surface area contributed by atoms with Crippen LogP contribution in [0, 0.1) is 9.52 Å². The molecular formula is C18H26FIN2O2Si. The summed E-state index contributed by atoms with van der Waals surface area (Å²) in [6, 6.07) is 2.95. The van der Waals surface area contributed by atoms with Crippen molar-refractivity contribution in [1.29, 1.82) is 0 Å². The lowest BCUT2D eigenvalue weighted by Crippen LogP contribution is -2.22. The van der Waals surface area contributed by atoms with E-state index in [1.807, 2.05) is 10.6 Å². The number of aliphatic hydroxyl groups is 1. The minimum atomic E-state index is -1.12. The first-order chi connectivity index (χ1) is 11.8. The van der Waals surface area contributed by atoms with Gasteiger partial charge >= 0.3 is 0 Å².